The molecule has 0 radical (unpaired) electrons. The van der Waals surface area contributed by atoms with E-state index in [1.165, 1.54) is 13.2 Å². The predicted octanol–water partition coefficient (Wildman–Crippen LogP) is 3.78. The van der Waals surface area contributed by atoms with Gasteiger partial charge in [0.2, 0.25) is 0 Å². The molecule has 29 heavy (non-hydrogen) atoms. The number of halogens is 1. The highest BCUT2D eigenvalue weighted by Gasteiger charge is 2.26. The molecule has 0 spiro atoms. The Bertz CT molecular complexity index is 1000. The topological polar surface area (TPSA) is 88.2 Å². The van der Waals surface area contributed by atoms with Crippen LogP contribution in [0.1, 0.15) is 22.8 Å². The second-order valence-corrected chi connectivity index (χ2v) is 6.51. The number of hydrogen-bond acceptors (Lipinski definition) is 3. The van der Waals surface area contributed by atoms with Gasteiger partial charge in [-0.25, -0.2) is 4.39 Å². The first-order valence-corrected chi connectivity index (χ1v) is 9.09. The van der Waals surface area contributed by atoms with Gasteiger partial charge in [-0.1, -0.05) is 66.7 Å². The van der Waals surface area contributed by atoms with E-state index in [0.29, 0.717) is 11.1 Å². The molecule has 0 aliphatic carbocycles. The Morgan fingerprint density at radius 2 is 1.76 bits per heavy atom. The minimum Gasteiger partial charge on any atom is -0.384 e. The van der Waals surface area contributed by atoms with Crippen LogP contribution in [0.2, 0.25) is 0 Å². The molecule has 0 fully saturated rings. The number of carbonyl (C=O) groups is 1. The number of carbonyl (C=O) groups excluding carboxylic acids is 1. The van der Waals surface area contributed by atoms with E-state index >= 15 is 0 Å². The fraction of sp³-hybridized carbons (Fsp3) is 0.130. The zero-order valence-electron chi connectivity index (χ0n) is 16.0. The summed E-state index contributed by atoms with van der Waals surface area (Å²) in [5.74, 6) is -0.961. The van der Waals surface area contributed by atoms with Crippen LogP contribution in [0.4, 0.5) is 4.39 Å². The number of hydrogen-bond donors (Lipinski definition) is 3. The SMILES string of the molecule is CO[C@H](C(=O)NCc1ccc(C(=N)N)cc1)c1c(F)cccc1-c1ccccc1. The molecular weight excluding hydrogens is 369 g/mol. The van der Waals surface area contributed by atoms with Crippen LogP contribution in [0.5, 0.6) is 0 Å². The first-order valence-electron chi connectivity index (χ1n) is 9.09. The van der Waals surface area contributed by atoms with Crippen molar-refractivity contribution in [1.82, 2.24) is 5.32 Å². The van der Waals surface area contributed by atoms with E-state index in [2.05, 4.69) is 5.32 Å². The highest BCUT2D eigenvalue weighted by molar-refractivity contribution is 5.94. The van der Waals surface area contributed by atoms with E-state index in [1.807, 2.05) is 30.3 Å². The monoisotopic (exact) mass is 391 g/mol. The van der Waals surface area contributed by atoms with Crippen LogP contribution < -0.4 is 11.1 Å². The fourth-order valence-electron chi connectivity index (χ4n) is 3.11. The van der Waals surface area contributed by atoms with Gasteiger partial charge in [0.05, 0.1) is 0 Å². The molecule has 3 aromatic rings. The minimum absolute atomic E-state index is 0.0203. The minimum atomic E-state index is -1.09. The summed E-state index contributed by atoms with van der Waals surface area (Å²) >= 11 is 0. The van der Waals surface area contributed by atoms with Crippen molar-refractivity contribution in [3.8, 4) is 11.1 Å². The van der Waals surface area contributed by atoms with Crippen LogP contribution in [-0.4, -0.2) is 18.9 Å². The standard InChI is InChI=1S/C23H22FN3O2/c1-29-21(23(28)27-14-15-10-12-17(13-11-15)22(25)26)20-18(8-5-9-19(20)24)16-6-3-2-4-7-16/h2-13,21H,14H2,1H3,(H3,25,26)(H,27,28)/t21-/m0/s1. The summed E-state index contributed by atoms with van der Waals surface area (Å²) in [5.41, 5.74) is 8.49. The maximum Gasteiger partial charge on any atom is 0.254 e. The van der Waals surface area contributed by atoms with Crippen molar-refractivity contribution in [2.24, 2.45) is 5.73 Å². The maximum atomic E-state index is 14.7. The highest BCUT2D eigenvalue weighted by Crippen LogP contribution is 2.32. The van der Waals surface area contributed by atoms with Crippen LogP contribution in [0.15, 0.2) is 72.8 Å². The molecule has 0 heterocycles. The van der Waals surface area contributed by atoms with Gasteiger partial charge in [-0.15, -0.1) is 0 Å². The number of amides is 1. The number of benzene rings is 3. The number of nitrogens with one attached hydrogen (secondary N) is 2. The van der Waals surface area contributed by atoms with Crippen molar-refractivity contribution in [2.45, 2.75) is 12.6 Å². The zero-order chi connectivity index (χ0) is 20.8. The fourth-order valence-corrected chi connectivity index (χ4v) is 3.11. The Morgan fingerprint density at radius 1 is 1.07 bits per heavy atom. The number of rotatable bonds is 7. The molecule has 0 bridgehead atoms. The Hall–Kier alpha value is -3.51. The lowest BCUT2D eigenvalue weighted by molar-refractivity contribution is -0.131. The summed E-state index contributed by atoms with van der Waals surface area (Å²) in [7, 11) is 1.38. The van der Waals surface area contributed by atoms with Crippen LogP contribution in [0.25, 0.3) is 11.1 Å². The summed E-state index contributed by atoms with van der Waals surface area (Å²) in [6, 6.07) is 21.0. The second kappa shape index (κ2) is 9.12. The molecule has 1 atom stereocenters. The van der Waals surface area contributed by atoms with Crippen LogP contribution in [0.3, 0.4) is 0 Å². The van der Waals surface area contributed by atoms with Gasteiger partial charge in [-0.3, -0.25) is 10.2 Å². The third-order valence-corrected chi connectivity index (χ3v) is 4.61. The average Bonchev–Trinajstić information content (AvgIpc) is 2.74. The summed E-state index contributed by atoms with van der Waals surface area (Å²) < 4.78 is 20.1. The number of nitrogen functional groups attached to an aromatic ring is 1. The summed E-state index contributed by atoms with van der Waals surface area (Å²) in [6.45, 7) is 0.242. The van der Waals surface area contributed by atoms with Gasteiger partial charge < -0.3 is 15.8 Å². The van der Waals surface area contributed by atoms with Crippen LogP contribution >= 0.6 is 0 Å². The predicted molar refractivity (Wildman–Crippen MR) is 111 cm³/mol. The average molecular weight is 391 g/mol. The molecule has 4 N–H and O–H groups in total. The number of amidine groups is 1. The molecule has 0 aliphatic heterocycles. The zero-order valence-corrected chi connectivity index (χ0v) is 16.0. The Morgan fingerprint density at radius 3 is 2.38 bits per heavy atom. The normalized spacial score (nSPS) is 11.7. The molecule has 6 heteroatoms. The Labute approximate surface area is 168 Å². The van der Waals surface area contributed by atoms with Crippen LogP contribution in [-0.2, 0) is 16.1 Å². The molecule has 1 amide bonds. The van der Waals surface area contributed by atoms with E-state index in [4.69, 9.17) is 15.9 Å². The quantitative estimate of drug-likeness (QED) is 0.423. The van der Waals surface area contributed by atoms with Crippen LogP contribution in [0, 0.1) is 11.2 Å². The number of ether oxygens (including phenoxy) is 1. The smallest absolute Gasteiger partial charge is 0.254 e. The van der Waals surface area contributed by atoms with E-state index in [9.17, 15) is 9.18 Å². The molecule has 0 unspecified atom stereocenters. The Balaban J connectivity index is 1.82. The van der Waals surface area contributed by atoms with Gasteiger partial charge in [0.15, 0.2) is 6.10 Å². The lowest BCUT2D eigenvalue weighted by Crippen LogP contribution is -2.30. The third kappa shape index (κ3) is 4.67. The van der Waals surface area contributed by atoms with Crippen molar-refractivity contribution in [1.29, 1.82) is 5.41 Å². The Kier molecular flexibility index (Phi) is 6.36. The molecule has 3 aromatic carbocycles. The van der Waals surface area contributed by atoms with E-state index in [-0.39, 0.29) is 17.9 Å². The maximum absolute atomic E-state index is 14.7. The first kappa shape index (κ1) is 20.2. The highest BCUT2D eigenvalue weighted by atomic mass is 19.1. The molecule has 0 aromatic heterocycles. The molecule has 0 saturated carbocycles. The molecular formula is C23H22FN3O2. The molecule has 148 valence electrons. The van der Waals surface area contributed by atoms with Crippen molar-refractivity contribution in [3.63, 3.8) is 0 Å². The number of methoxy groups -OCH3 is 1. The molecule has 5 nitrogen and oxygen atoms in total. The van der Waals surface area contributed by atoms with E-state index in [0.717, 1.165) is 11.1 Å². The van der Waals surface area contributed by atoms with E-state index < -0.39 is 17.8 Å². The van der Waals surface area contributed by atoms with Crippen molar-refractivity contribution in [2.75, 3.05) is 7.11 Å². The molecule has 0 saturated heterocycles. The van der Waals surface area contributed by atoms with Crippen molar-refractivity contribution >= 4 is 11.7 Å². The van der Waals surface area contributed by atoms with Gasteiger partial charge in [-0.05, 0) is 22.8 Å². The molecule has 3 rings (SSSR count). The van der Waals surface area contributed by atoms with E-state index in [1.54, 1.807) is 36.4 Å². The van der Waals surface area contributed by atoms with Crippen molar-refractivity contribution in [3.05, 3.63) is 95.3 Å². The summed E-state index contributed by atoms with van der Waals surface area (Å²) in [6.07, 6.45) is -1.09. The summed E-state index contributed by atoms with van der Waals surface area (Å²) in [5, 5.41) is 10.2. The third-order valence-electron chi connectivity index (χ3n) is 4.61. The lowest BCUT2D eigenvalue weighted by atomic mass is 9.95. The first-order chi connectivity index (χ1) is 14.0. The van der Waals surface area contributed by atoms with Crippen molar-refractivity contribution < 1.29 is 13.9 Å². The number of nitrogens with two attached hydrogens (primary N) is 1. The summed E-state index contributed by atoms with van der Waals surface area (Å²) in [4.78, 5) is 12.8. The van der Waals surface area contributed by atoms with Gasteiger partial charge >= 0.3 is 0 Å². The van der Waals surface area contributed by atoms with Gasteiger partial charge in [-0.2, -0.15) is 0 Å². The largest absolute Gasteiger partial charge is 0.384 e. The van der Waals surface area contributed by atoms with Gasteiger partial charge in [0.25, 0.3) is 5.91 Å². The van der Waals surface area contributed by atoms with Gasteiger partial charge in [0.1, 0.15) is 11.7 Å². The molecule has 0 aliphatic rings. The lowest BCUT2D eigenvalue weighted by Gasteiger charge is -2.20. The van der Waals surface area contributed by atoms with Gasteiger partial charge in [0, 0.05) is 24.8 Å². The second-order valence-electron chi connectivity index (χ2n) is 6.51.